The molecule has 2 aromatic rings. The first kappa shape index (κ1) is 15.8. The molecule has 0 unspecified atom stereocenters. The van der Waals surface area contributed by atoms with E-state index < -0.39 is 5.41 Å². The topological polar surface area (TPSA) is 67.4 Å². The zero-order chi connectivity index (χ0) is 17.3. The molecular weight excluding hydrogens is 316 g/mol. The summed E-state index contributed by atoms with van der Waals surface area (Å²) in [4.78, 5) is 24.7. The largest absolute Gasteiger partial charge is 0.381 e. The first-order valence-electron chi connectivity index (χ1n) is 8.55. The number of benzene rings is 2. The number of amides is 2. The van der Waals surface area contributed by atoms with Crippen LogP contribution in [0.25, 0.3) is 0 Å². The van der Waals surface area contributed by atoms with Crippen LogP contribution in [0, 0.1) is 0 Å². The fraction of sp³-hybridized carbons (Fsp3) is 0.300. The molecule has 1 saturated heterocycles. The van der Waals surface area contributed by atoms with Crippen molar-refractivity contribution in [3.8, 4) is 0 Å². The maximum Gasteiger partial charge on any atom is 0.235 e. The van der Waals surface area contributed by atoms with Gasteiger partial charge in [-0.1, -0.05) is 30.3 Å². The smallest absolute Gasteiger partial charge is 0.235 e. The zero-order valence-corrected chi connectivity index (χ0v) is 13.9. The molecule has 2 aliphatic rings. The van der Waals surface area contributed by atoms with Gasteiger partial charge in [-0.15, -0.1) is 0 Å². The van der Waals surface area contributed by atoms with Crippen molar-refractivity contribution in [2.45, 2.75) is 24.7 Å². The Morgan fingerprint density at radius 1 is 1.08 bits per heavy atom. The van der Waals surface area contributed by atoms with E-state index in [0.717, 1.165) is 22.5 Å². The minimum absolute atomic E-state index is 0.0105. The van der Waals surface area contributed by atoms with Gasteiger partial charge in [0, 0.05) is 24.6 Å². The molecule has 2 N–H and O–H groups in total. The number of nitrogens with one attached hydrogen (secondary N) is 2. The Morgan fingerprint density at radius 3 is 2.60 bits per heavy atom. The van der Waals surface area contributed by atoms with Crippen LogP contribution >= 0.6 is 0 Å². The Labute approximate surface area is 146 Å². The fourth-order valence-electron chi connectivity index (χ4n) is 3.68. The summed E-state index contributed by atoms with van der Waals surface area (Å²) in [7, 11) is 0. The van der Waals surface area contributed by atoms with Crippen LogP contribution in [0.1, 0.15) is 24.0 Å². The molecule has 128 valence electrons. The van der Waals surface area contributed by atoms with E-state index in [0.29, 0.717) is 32.5 Å². The summed E-state index contributed by atoms with van der Waals surface area (Å²) in [5.41, 5.74) is 2.92. The number of carbonyl (C=O) groups is 2. The molecule has 1 fully saturated rings. The molecule has 0 radical (unpaired) electrons. The molecule has 2 amide bonds. The lowest BCUT2D eigenvalue weighted by Gasteiger charge is -2.36. The molecule has 0 aromatic heterocycles. The summed E-state index contributed by atoms with van der Waals surface area (Å²) < 4.78 is 5.49. The van der Waals surface area contributed by atoms with Crippen LogP contribution in [-0.2, 0) is 26.2 Å². The third-order valence-electron chi connectivity index (χ3n) is 5.10. The van der Waals surface area contributed by atoms with Gasteiger partial charge < -0.3 is 15.4 Å². The Morgan fingerprint density at radius 2 is 1.84 bits per heavy atom. The number of ether oxygens (including phenoxy) is 1. The van der Waals surface area contributed by atoms with E-state index in [-0.39, 0.29) is 11.8 Å². The van der Waals surface area contributed by atoms with Crippen LogP contribution in [0.4, 0.5) is 11.4 Å². The normalized spacial score (nSPS) is 18.3. The van der Waals surface area contributed by atoms with Gasteiger partial charge in [0.2, 0.25) is 11.8 Å². The van der Waals surface area contributed by atoms with Crippen molar-refractivity contribution < 1.29 is 14.3 Å². The van der Waals surface area contributed by atoms with E-state index in [1.165, 1.54) is 0 Å². The van der Waals surface area contributed by atoms with Crippen LogP contribution in [0.2, 0.25) is 0 Å². The van der Waals surface area contributed by atoms with Gasteiger partial charge in [-0.05, 0) is 42.2 Å². The number of fused-ring (bicyclic) bond motifs is 1. The van der Waals surface area contributed by atoms with Crippen molar-refractivity contribution in [3.05, 3.63) is 59.7 Å². The summed E-state index contributed by atoms with van der Waals surface area (Å²) in [5.74, 6) is -0.0251. The molecule has 5 nitrogen and oxygen atoms in total. The van der Waals surface area contributed by atoms with Gasteiger partial charge in [-0.3, -0.25) is 9.59 Å². The Bertz CT molecular complexity index is 811. The molecule has 2 aromatic carbocycles. The second kappa shape index (κ2) is 6.33. The van der Waals surface area contributed by atoms with Crippen molar-refractivity contribution in [1.82, 2.24) is 0 Å². The third-order valence-corrected chi connectivity index (χ3v) is 5.10. The molecule has 0 spiro atoms. The number of anilines is 2. The maximum atomic E-state index is 13.2. The fourth-order valence-corrected chi connectivity index (χ4v) is 3.68. The molecule has 0 saturated carbocycles. The van der Waals surface area contributed by atoms with E-state index in [1.54, 1.807) is 0 Å². The van der Waals surface area contributed by atoms with E-state index >= 15 is 0 Å². The average Bonchev–Trinajstić information content (AvgIpc) is 3.02. The van der Waals surface area contributed by atoms with Gasteiger partial charge >= 0.3 is 0 Å². The average molecular weight is 336 g/mol. The predicted octanol–water partition coefficient (Wildman–Crippen LogP) is 2.87. The number of hydrogen-bond acceptors (Lipinski definition) is 3. The summed E-state index contributed by atoms with van der Waals surface area (Å²) >= 11 is 0. The summed E-state index contributed by atoms with van der Waals surface area (Å²) in [6.45, 7) is 1.15. The van der Waals surface area contributed by atoms with Gasteiger partial charge in [-0.2, -0.15) is 0 Å². The molecule has 5 heteroatoms. The van der Waals surface area contributed by atoms with E-state index in [1.807, 2.05) is 48.5 Å². The lowest BCUT2D eigenvalue weighted by atomic mass is 9.73. The van der Waals surface area contributed by atoms with Gasteiger partial charge in [0.05, 0.1) is 11.8 Å². The van der Waals surface area contributed by atoms with Gasteiger partial charge in [0.25, 0.3) is 0 Å². The Balaban J connectivity index is 1.62. The maximum absolute atomic E-state index is 13.2. The van der Waals surface area contributed by atoms with Crippen LogP contribution in [0.15, 0.2) is 48.5 Å². The van der Waals surface area contributed by atoms with E-state index in [2.05, 4.69) is 10.6 Å². The van der Waals surface area contributed by atoms with E-state index in [4.69, 9.17) is 4.74 Å². The number of rotatable bonds is 3. The first-order valence-corrected chi connectivity index (χ1v) is 8.55. The van der Waals surface area contributed by atoms with Crippen molar-refractivity contribution in [2.24, 2.45) is 0 Å². The Hall–Kier alpha value is -2.66. The SMILES string of the molecule is O=C1Cc2cc(NC(=O)C3(c4ccccc4)CCOCC3)ccc2N1. The Kier molecular flexibility index (Phi) is 4.01. The highest BCUT2D eigenvalue weighted by molar-refractivity contribution is 6.02. The van der Waals surface area contributed by atoms with E-state index in [9.17, 15) is 9.59 Å². The summed E-state index contributed by atoms with van der Waals surface area (Å²) in [6.07, 6.45) is 1.68. The highest BCUT2D eigenvalue weighted by Crippen LogP contribution is 2.36. The van der Waals surface area contributed by atoms with Crippen LogP contribution in [0.3, 0.4) is 0 Å². The minimum Gasteiger partial charge on any atom is -0.381 e. The molecule has 0 atom stereocenters. The first-order chi connectivity index (χ1) is 12.2. The van der Waals surface area contributed by atoms with Crippen molar-refractivity contribution >= 4 is 23.2 Å². The van der Waals surface area contributed by atoms with Crippen LogP contribution in [-0.4, -0.2) is 25.0 Å². The molecule has 2 heterocycles. The quantitative estimate of drug-likeness (QED) is 0.906. The summed E-state index contributed by atoms with van der Waals surface area (Å²) in [5, 5.41) is 5.87. The van der Waals surface area contributed by atoms with Crippen molar-refractivity contribution in [3.63, 3.8) is 0 Å². The number of hydrogen-bond donors (Lipinski definition) is 2. The highest BCUT2D eigenvalue weighted by Gasteiger charge is 2.41. The third kappa shape index (κ3) is 2.91. The van der Waals surface area contributed by atoms with Crippen LogP contribution < -0.4 is 10.6 Å². The second-order valence-electron chi connectivity index (χ2n) is 6.61. The molecule has 4 rings (SSSR count). The standard InChI is InChI=1S/C20H20N2O3/c23-18-13-14-12-16(6-7-17(14)22-18)21-19(24)20(8-10-25-11-9-20)15-4-2-1-3-5-15/h1-7,12H,8-11,13H2,(H,21,24)(H,22,23). The van der Waals surface area contributed by atoms with Crippen molar-refractivity contribution in [1.29, 1.82) is 0 Å². The monoisotopic (exact) mass is 336 g/mol. The molecule has 0 aliphatic carbocycles. The second-order valence-corrected chi connectivity index (χ2v) is 6.61. The lowest BCUT2D eigenvalue weighted by Crippen LogP contribution is -2.44. The molecule has 25 heavy (non-hydrogen) atoms. The van der Waals surface area contributed by atoms with Gasteiger partial charge in [0.1, 0.15) is 0 Å². The minimum atomic E-state index is -0.577. The van der Waals surface area contributed by atoms with Crippen molar-refractivity contribution in [2.75, 3.05) is 23.8 Å². The lowest BCUT2D eigenvalue weighted by molar-refractivity contribution is -0.125. The van der Waals surface area contributed by atoms with Crippen LogP contribution in [0.5, 0.6) is 0 Å². The molecular formula is C20H20N2O3. The molecule has 2 aliphatic heterocycles. The molecule has 0 bridgehead atoms. The van der Waals surface area contributed by atoms with Gasteiger partial charge in [-0.25, -0.2) is 0 Å². The number of carbonyl (C=O) groups excluding carboxylic acids is 2. The summed E-state index contributed by atoms with van der Waals surface area (Å²) in [6, 6.07) is 15.5. The van der Waals surface area contributed by atoms with Gasteiger partial charge in [0.15, 0.2) is 0 Å². The zero-order valence-electron chi connectivity index (χ0n) is 13.9. The highest BCUT2D eigenvalue weighted by atomic mass is 16.5. The predicted molar refractivity (Wildman–Crippen MR) is 95.6 cm³/mol.